The van der Waals surface area contributed by atoms with Crippen LogP contribution in [0.25, 0.3) is 0 Å². The van der Waals surface area contributed by atoms with Gasteiger partial charge in [-0.15, -0.1) is 0 Å². The zero-order chi connectivity index (χ0) is 13.9. The van der Waals surface area contributed by atoms with Crippen LogP contribution in [0.2, 0.25) is 0 Å². The Balaban J connectivity index is 1.70. The average molecular weight is 274 g/mol. The Morgan fingerprint density at radius 2 is 2.05 bits per heavy atom. The summed E-state index contributed by atoms with van der Waals surface area (Å²) >= 11 is 0. The first-order chi connectivity index (χ1) is 9.75. The predicted molar refractivity (Wildman–Crippen MR) is 75.9 cm³/mol. The topological polar surface area (TPSA) is 53.4 Å². The monoisotopic (exact) mass is 274 g/mol. The molecule has 4 nitrogen and oxygen atoms in total. The van der Waals surface area contributed by atoms with Gasteiger partial charge in [0.1, 0.15) is 0 Å². The third kappa shape index (κ3) is 2.70. The minimum atomic E-state index is -0.202. The lowest BCUT2D eigenvalue weighted by Gasteiger charge is -2.32. The van der Waals surface area contributed by atoms with Crippen LogP contribution in [0.15, 0.2) is 24.5 Å². The van der Waals surface area contributed by atoms with E-state index < -0.39 is 0 Å². The summed E-state index contributed by atoms with van der Waals surface area (Å²) in [6.45, 7) is 0.859. The second-order valence-corrected chi connectivity index (χ2v) is 5.98. The summed E-state index contributed by atoms with van der Waals surface area (Å²) in [5.74, 6) is 0.388. The number of aromatic nitrogens is 1. The van der Waals surface area contributed by atoms with Crippen LogP contribution < -0.4 is 0 Å². The molecular formula is C16H22N2O2. The molecule has 2 heterocycles. The van der Waals surface area contributed by atoms with Crippen molar-refractivity contribution in [3.8, 4) is 0 Å². The molecule has 20 heavy (non-hydrogen) atoms. The molecule has 1 aromatic rings. The van der Waals surface area contributed by atoms with Crippen LogP contribution in [0.4, 0.5) is 0 Å². The summed E-state index contributed by atoms with van der Waals surface area (Å²) in [5, 5.41) is 9.57. The van der Waals surface area contributed by atoms with Gasteiger partial charge in [0.25, 0.3) is 0 Å². The van der Waals surface area contributed by atoms with E-state index in [1.54, 1.807) is 6.20 Å². The fourth-order valence-corrected chi connectivity index (χ4v) is 3.51. The van der Waals surface area contributed by atoms with Crippen molar-refractivity contribution in [3.63, 3.8) is 0 Å². The number of hydrogen-bond acceptors (Lipinski definition) is 3. The van der Waals surface area contributed by atoms with Gasteiger partial charge < -0.3 is 10.0 Å². The molecule has 2 fully saturated rings. The minimum absolute atomic E-state index is 0.107. The van der Waals surface area contributed by atoms with E-state index in [1.807, 2.05) is 17.2 Å². The van der Waals surface area contributed by atoms with Gasteiger partial charge in [0, 0.05) is 24.9 Å². The Hall–Kier alpha value is -1.42. The lowest BCUT2D eigenvalue weighted by molar-refractivity contribution is -0.138. The lowest BCUT2D eigenvalue weighted by atomic mass is 9.86. The van der Waals surface area contributed by atoms with Crippen LogP contribution in [0.1, 0.15) is 50.1 Å². The van der Waals surface area contributed by atoms with E-state index in [0.29, 0.717) is 0 Å². The highest BCUT2D eigenvalue weighted by atomic mass is 16.3. The zero-order valence-electron chi connectivity index (χ0n) is 11.7. The lowest BCUT2D eigenvalue weighted by Crippen LogP contribution is -2.37. The van der Waals surface area contributed by atoms with Crippen molar-refractivity contribution in [1.82, 2.24) is 9.88 Å². The van der Waals surface area contributed by atoms with Crippen LogP contribution >= 0.6 is 0 Å². The first kappa shape index (κ1) is 13.6. The second kappa shape index (κ2) is 5.92. The highest BCUT2D eigenvalue weighted by Crippen LogP contribution is 2.35. The number of nitrogens with zero attached hydrogens (tertiary/aromatic N) is 2. The van der Waals surface area contributed by atoms with Crippen molar-refractivity contribution in [2.45, 2.75) is 50.7 Å². The molecule has 0 aromatic carbocycles. The summed E-state index contributed by atoms with van der Waals surface area (Å²) in [6.07, 6.45) is 8.74. The largest absolute Gasteiger partial charge is 0.393 e. The molecular weight excluding hydrogens is 252 g/mol. The fourth-order valence-electron chi connectivity index (χ4n) is 3.51. The SMILES string of the molecule is O=C(C1CCC(O)CC1)N1CCCC1c1cccnc1. The number of aliphatic hydroxyl groups is 1. The molecule has 1 amide bonds. The molecule has 1 saturated carbocycles. The summed E-state index contributed by atoms with van der Waals surface area (Å²) < 4.78 is 0. The molecule has 1 aliphatic heterocycles. The average Bonchev–Trinajstić information content (AvgIpc) is 2.97. The number of pyridine rings is 1. The molecule has 4 heteroatoms. The maximum Gasteiger partial charge on any atom is 0.226 e. The van der Waals surface area contributed by atoms with Gasteiger partial charge >= 0.3 is 0 Å². The number of carbonyl (C=O) groups is 1. The normalized spacial score (nSPS) is 30.4. The second-order valence-electron chi connectivity index (χ2n) is 5.98. The van der Waals surface area contributed by atoms with E-state index in [0.717, 1.165) is 50.6 Å². The highest BCUT2D eigenvalue weighted by Gasteiger charge is 2.35. The smallest absolute Gasteiger partial charge is 0.226 e. The van der Waals surface area contributed by atoms with Crippen molar-refractivity contribution < 1.29 is 9.90 Å². The van der Waals surface area contributed by atoms with Crippen molar-refractivity contribution >= 4 is 5.91 Å². The Morgan fingerprint density at radius 1 is 1.25 bits per heavy atom. The summed E-state index contributed by atoms with van der Waals surface area (Å²) in [4.78, 5) is 18.9. The van der Waals surface area contributed by atoms with Crippen molar-refractivity contribution in [2.24, 2.45) is 5.92 Å². The van der Waals surface area contributed by atoms with Gasteiger partial charge in [0.2, 0.25) is 5.91 Å². The number of hydrogen-bond donors (Lipinski definition) is 1. The van der Waals surface area contributed by atoms with Crippen LogP contribution in [0.5, 0.6) is 0 Å². The van der Waals surface area contributed by atoms with Gasteiger partial charge in [0.05, 0.1) is 12.1 Å². The van der Waals surface area contributed by atoms with E-state index in [4.69, 9.17) is 0 Å². The van der Waals surface area contributed by atoms with Gasteiger partial charge in [-0.05, 0) is 50.2 Å². The number of amides is 1. The van der Waals surface area contributed by atoms with Gasteiger partial charge in [-0.25, -0.2) is 0 Å². The molecule has 108 valence electrons. The Bertz CT molecular complexity index is 455. The number of carbonyl (C=O) groups excluding carboxylic acids is 1. The molecule has 3 rings (SSSR count). The summed E-state index contributed by atoms with van der Waals surface area (Å²) in [5.41, 5.74) is 1.15. The number of likely N-dealkylation sites (tertiary alicyclic amines) is 1. The summed E-state index contributed by atoms with van der Waals surface area (Å²) in [7, 11) is 0. The highest BCUT2D eigenvalue weighted by molar-refractivity contribution is 5.79. The molecule has 1 saturated heterocycles. The third-order valence-corrected chi connectivity index (χ3v) is 4.65. The molecule has 1 atom stereocenters. The van der Waals surface area contributed by atoms with Gasteiger partial charge in [-0.2, -0.15) is 0 Å². The van der Waals surface area contributed by atoms with Gasteiger partial charge in [-0.3, -0.25) is 9.78 Å². The molecule has 1 aliphatic carbocycles. The molecule has 1 aromatic heterocycles. The number of aliphatic hydroxyl groups excluding tert-OH is 1. The molecule has 0 bridgehead atoms. The third-order valence-electron chi connectivity index (χ3n) is 4.65. The fraction of sp³-hybridized carbons (Fsp3) is 0.625. The van der Waals surface area contributed by atoms with E-state index >= 15 is 0 Å². The maximum atomic E-state index is 12.7. The molecule has 1 unspecified atom stereocenters. The maximum absolute atomic E-state index is 12.7. The first-order valence-electron chi connectivity index (χ1n) is 7.64. The number of rotatable bonds is 2. The van der Waals surface area contributed by atoms with Crippen molar-refractivity contribution in [2.75, 3.05) is 6.54 Å². The predicted octanol–water partition coefficient (Wildman–Crippen LogP) is 2.30. The van der Waals surface area contributed by atoms with E-state index in [-0.39, 0.29) is 24.0 Å². The quantitative estimate of drug-likeness (QED) is 0.900. The molecule has 2 aliphatic rings. The van der Waals surface area contributed by atoms with E-state index in [1.165, 1.54) is 0 Å². The van der Waals surface area contributed by atoms with Crippen molar-refractivity contribution in [1.29, 1.82) is 0 Å². The van der Waals surface area contributed by atoms with Crippen LogP contribution in [-0.2, 0) is 4.79 Å². The summed E-state index contributed by atoms with van der Waals surface area (Å²) in [6, 6.07) is 4.20. The Morgan fingerprint density at radius 3 is 2.75 bits per heavy atom. The zero-order valence-corrected chi connectivity index (χ0v) is 11.7. The molecule has 1 N–H and O–H groups in total. The van der Waals surface area contributed by atoms with Crippen molar-refractivity contribution in [3.05, 3.63) is 30.1 Å². The van der Waals surface area contributed by atoms with E-state index in [2.05, 4.69) is 11.1 Å². The molecule has 0 spiro atoms. The Kier molecular flexibility index (Phi) is 4.01. The van der Waals surface area contributed by atoms with Gasteiger partial charge in [-0.1, -0.05) is 6.07 Å². The minimum Gasteiger partial charge on any atom is -0.393 e. The van der Waals surface area contributed by atoms with Crippen LogP contribution in [0.3, 0.4) is 0 Å². The van der Waals surface area contributed by atoms with Gasteiger partial charge in [0.15, 0.2) is 0 Å². The standard InChI is InChI=1S/C16H22N2O2/c19-14-7-5-12(6-8-14)16(20)18-10-2-4-15(18)13-3-1-9-17-11-13/h1,3,9,11-12,14-15,19H,2,4-8,10H2. The molecule has 0 radical (unpaired) electrons. The first-order valence-corrected chi connectivity index (χ1v) is 7.64. The van der Waals surface area contributed by atoms with Crippen LogP contribution in [-0.4, -0.2) is 33.5 Å². The van der Waals surface area contributed by atoms with E-state index in [9.17, 15) is 9.90 Å². The van der Waals surface area contributed by atoms with Crippen LogP contribution in [0, 0.1) is 5.92 Å². The Labute approximate surface area is 119 Å².